The number of hydrogen-bond acceptors (Lipinski definition) is 3. The van der Waals surface area contributed by atoms with Crippen molar-refractivity contribution in [2.75, 3.05) is 13.2 Å². The number of carbonyl (C=O) groups is 1. The third-order valence-electron chi connectivity index (χ3n) is 4.61. The molecular formula is C15H29ClN2O2. The van der Waals surface area contributed by atoms with Gasteiger partial charge in [-0.15, -0.1) is 12.4 Å². The second-order valence-electron chi connectivity index (χ2n) is 5.86. The van der Waals surface area contributed by atoms with Crippen LogP contribution in [0, 0.1) is 5.92 Å². The van der Waals surface area contributed by atoms with Gasteiger partial charge in [0.1, 0.15) is 0 Å². The summed E-state index contributed by atoms with van der Waals surface area (Å²) in [5, 5.41) is 6.47. The Morgan fingerprint density at radius 1 is 1.35 bits per heavy atom. The molecule has 2 heterocycles. The van der Waals surface area contributed by atoms with E-state index in [9.17, 15) is 4.79 Å². The van der Waals surface area contributed by atoms with Crippen LogP contribution in [0.5, 0.6) is 0 Å². The number of nitrogens with one attached hydrogen (secondary N) is 2. The second kappa shape index (κ2) is 8.85. The maximum atomic E-state index is 12.1. The summed E-state index contributed by atoms with van der Waals surface area (Å²) in [6.07, 6.45) is 6.66. The zero-order chi connectivity index (χ0) is 13.7. The standard InChI is InChI=1S/C15H28N2O2.ClH/c1-3-11(4-2)14-10-12(7-9-19-14)17-15(18)13-6-5-8-16-13;/h11-14,16H,3-10H2,1-2H3,(H,17,18);1H. The predicted molar refractivity (Wildman–Crippen MR) is 83.2 cm³/mol. The average molecular weight is 305 g/mol. The van der Waals surface area contributed by atoms with Crippen LogP contribution in [0.25, 0.3) is 0 Å². The lowest BCUT2D eigenvalue weighted by atomic mass is 9.89. The summed E-state index contributed by atoms with van der Waals surface area (Å²) in [6, 6.07) is 0.337. The quantitative estimate of drug-likeness (QED) is 0.819. The number of halogens is 1. The molecule has 0 aromatic carbocycles. The molecule has 2 aliphatic rings. The fraction of sp³-hybridized carbons (Fsp3) is 0.933. The Labute approximate surface area is 128 Å². The molecule has 3 unspecified atom stereocenters. The summed E-state index contributed by atoms with van der Waals surface area (Å²) in [5.74, 6) is 0.817. The van der Waals surface area contributed by atoms with E-state index in [1.54, 1.807) is 0 Å². The molecule has 0 bridgehead atoms. The first-order chi connectivity index (χ1) is 9.24. The molecule has 2 rings (SSSR count). The van der Waals surface area contributed by atoms with Crippen LogP contribution in [0.4, 0.5) is 0 Å². The molecule has 0 spiro atoms. The minimum absolute atomic E-state index is 0. The molecule has 1 amide bonds. The van der Waals surface area contributed by atoms with E-state index in [-0.39, 0.29) is 24.4 Å². The average Bonchev–Trinajstić information content (AvgIpc) is 2.94. The van der Waals surface area contributed by atoms with Gasteiger partial charge in [-0.3, -0.25) is 4.79 Å². The maximum absolute atomic E-state index is 12.1. The molecule has 2 saturated heterocycles. The first-order valence-corrected chi connectivity index (χ1v) is 7.90. The van der Waals surface area contributed by atoms with Gasteiger partial charge < -0.3 is 15.4 Å². The van der Waals surface area contributed by atoms with Gasteiger partial charge in [-0.05, 0) is 38.1 Å². The van der Waals surface area contributed by atoms with Gasteiger partial charge >= 0.3 is 0 Å². The Morgan fingerprint density at radius 3 is 2.70 bits per heavy atom. The van der Waals surface area contributed by atoms with E-state index in [2.05, 4.69) is 24.5 Å². The van der Waals surface area contributed by atoms with Crippen molar-refractivity contribution in [3.8, 4) is 0 Å². The van der Waals surface area contributed by atoms with E-state index >= 15 is 0 Å². The highest BCUT2D eigenvalue weighted by molar-refractivity contribution is 5.85. The molecule has 0 saturated carbocycles. The molecule has 2 fully saturated rings. The minimum Gasteiger partial charge on any atom is -0.378 e. The smallest absolute Gasteiger partial charge is 0.237 e. The van der Waals surface area contributed by atoms with Gasteiger partial charge in [-0.1, -0.05) is 26.7 Å². The van der Waals surface area contributed by atoms with Gasteiger partial charge in [0.25, 0.3) is 0 Å². The van der Waals surface area contributed by atoms with Crippen LogP contribution in [0.15, 0.2) is 0 Å². The number of rotatable bonds is 5. The molecule has 0 radical (unpaired) electrons. The van der Waals surface area contributed by atoms with Crippen LogP contribution in [-0.4, -0.2) is 37.2 Å². The van der Waals surface area contributed by atoms with Crippen LogP contribution in [0.2, 0.25) is 0 Å². The highest BCUT2D eigenvalue weighted by Gasteiger charge is 2.30. The zero-order valence-corrected chi connectivity index (χ0v) is 13.5. The summed E-state index contributed by atoms with van der Waals surface area (Å²) in [7, 11) is 0. The van der Waals surface area contributed by atoms with Crippen molar-refractivity contribution in [2.45, 2.75) is 70.6 Å². The SMILES string of the molecule is CCC(CC)C1CC(NC(=O)C2CCCN2)CCO1.Cl. The van der Waals surface area contributed by atoms with Crippen LogP contribution in [0.3, 0.4) is 0 Å². The third-order valence-corrected chi connectivity index (χ3v) is 4.61. The van der Waals surface area contributed by atoms with Gasteiger partial charge in [-0.25, -0.2) is 0 Å². The third kappa shape index (κ3) is 4.61. The van der Waals surface area contributed by atoms with Crippen LogP contribution < -0.4 is 10.6 Å². The lowest BCUT2D eigenvalue weighted by molar-refractivity contribution is -0.125. The van der Waals surface area contributed by atoms with E-state index in [4.69, 9.17) is 4.74 Å². The first-order valence-electron chi connectivity index (χ1n) is 7.90. The second-order valence-corrected chi connectivity index (χ2v) is 5.86. The van der Waals surface area contributed by atoms with E-state index in [0.29, 0.717) is 18.1 Å². The van der Waals surface area contributed by atoms with E-state index in [1.807, 2.05) is 0 Å². The Hall–Kier alpha value is -0.320. The lowest BCUT2D eigenvalue weighted by Crippen LogP contribution is -2.49. The van der Waals surface area contributed by atoms with E-state index in [1.165, 1.54) is 0 Å². The maximum Gasteiger partial charge on any atom is 0.237 e. The molecule has 4 nitrogen and oxygen atoms in total. The molecule has 20 heavy (non-hydrogen) atoms. The minimum atomic E-state index is 0. The largest absolute Gasteiger partial charge is 0.378 e. The molecule has 2 aliphatic heterocycles. The van der Waals surface area contributed by atoms with Gasteiger partial charge in [0, 0.05) is 12.6 Å². The molecule has 0 aliphatic carbocycles. The van der Waals surface area contributed by atoms with Gasteiger partial charge in [-0.2, -0.15) is 0 Å². The molecule has 118 valence electrons. The Morgan fingerprint density at radius 2 is 2.10 bits per heavy atom. The van der Waals surface area contributed by atoms with Crippen molar-refractivity contribution < 1.29 is 9.53 Å². The van der Waals surface area contributed by atoms with Gasteiger partial charge in [0.2, 0.25) is 5.91 Å². The number of ether oxygens (including phenoxy) is 1. The van der Waals surface area contributed by atoms with Crippen molar-refractivity contribution in [3.05, 3.63) is 0 Å². The van der Waals surface area contributed by atoms with Crippen molar-refractivity contribution in [2.24, 2.45) is 5.92 Å². The van der Waals surface area contributed by atoms with Crippen molar-refractivity contribution in [1.82, 2.24) is 10.6 Å². The Balaban J connectivity index is 0.00000200. The number of carbonyl (C=O) groups excluding carboxylic acids is 1. The summed E-state index contributed by atoms with van der Waals surface area (Å²) < 4.78 is 5.89. The highest BCUT2D eigenvalue weighted by Crippen LogP contribution is 2.25. The van der Waals surface area contributed by atoms with Crippen molar-refractivity contribution in [1.29, 1.82) is 0 Å². The number of hydrogen-bond donors (Lipinski definition) is 2. The molecule has 2 N–H and O–H groups in total. The van der Waals surface area contributed by atoms with Gasteiger partial charge in [0.15, 0.2) is 0 Å². The van der Waals surface area contributed by atoms with Crippen LogP contribution in [0.1, 0.15) is 52.4 Å². The summed E-state index contributed by atoms with van der Waals surface area (Å²) in [4.78, 5) is 12.1. The van der Waals surface area contributed by atoms with Crippen molar-refractivity contribution >= 4 is 18.3 Å². The molecule has 0 aromatic rings. The molecular weight excluding hydrogens is 276 g/mol. The Kier molecular flexibility index (Phi) is 7.85. The summed E-state index contributed by atoms with van der Waals surface area (Å²) in [6.45, 7) is 6.21. The number of amides is 1. The van der Waals surface area contributed by atoms with E-state index < -0.39 is 0 Å². The van der Waals surface area contributed by atoms with Gasteiger partial charge in [0.05, 0.1) is 12.1 Å². The highest BCUT2D eigenvalue weighted by atomic mass is 35.5. The molecule has 0 aromatic heterocycles. The van der Waals surface area contributed by atoms with E-state index in [0.717, 1.165) is 51.7 Å². The fourth-order valence-electron chi connectivity index (χ4n) is 3.31. The zero-order valence-electron chi connectivity index (χ0n) is 12.7. The summed E-state index contributed by atoms with van der Waals surface area (Å²) in [5.41, 5.74) is 0. The normalized spacial score (nSPS) is 30.1. The topological polar surface area (TPSA) is 50.4 Å². The first kappa shape index (κ1) is 17.7. The molecule has 5 heteroatoms. The predicted octanol–water partition coefficient (Wildman–Crippen LogP) is 2.26. The molecule has 3 atom stereocenters. The van der Waals surface area contributed by atoms with Crippen LogP contribution >= 0.6 is 12.4 Å². The monoisotopic (exact) mass is 304 g/mol. The summed E-state index contributed by atoms with van der Waals surface area (Å²) >= 11 is 0. The van der Waals surface area contributed by atoms with Crippen molar-refractivity contribution in [3.63, 3.8) is 0 Å². The van der Waals surface area contributed by atoms with Crippen LogP contribution in [-0.2, 0) is 9.53 Å². The lowest BCUT2D eigenvalue weighted by Gasteiger charge is -2.34. The Bertz CT molecular complexity index is 292. The fourth-order valence-corrected chi connectivity index (χ4v) is 3.31.